The van der Waals surface area contributed by atoms with E-state index in [-0.39, 0.29) is 17.3 Å². The molecule has 0 spiro atoms. The number of benzene rings is 1. The van der Waals surface area contributed by atoms with Crippen LogP contribution in [0, 0.1) is 5.92 Å². The minimum absolute atomic E-state index is 0.0355. The Morgan fingerprint density at radius 3 is 2.79 bits per heavy atom. The fourth-order valence-electron chi connectivity index (χ4n) is 3.66. The first kappa shape index (κ1) is 23.9. The summed E-state index contributed by atoms with van der Waals surface area (Å²) < 4.78 is 11.3. The Kier molecular flexibility index (Phi) is 7.29. The number of hydrogen-bond donors (Lipinski definition) is 2. The molecule has 1 aliphatic rings. The summed E-state index contributed by atoms with van der Waals surface area (Å²) in [6, 6.07) is 3.16. The van der Waals surface area contributed by atoms with Crippen LogP contribution in [0.15, 0.2) is 21.9 Å². The molecule has 0 saturated carbocycles. The molecule has 0 aliphatic carbocycles. The van der Waals surface area contributed by atoms with E-state index in [9.17, 15) is 4.79 Å². The first-order valence-corrected chi connectivity index (χ1v) is 11.2. The zero-order valence-electron chi connectivity index (χ0n) is 18.5. The smallest absolute Gasteiger partial charge is 0.293 e. The van der Waals surface area contributed by atoms with Gasteiger partial charge >= 0.3 is 0 Å². The standard InChI is InChI=1S/C20H23Cl2N9O3/c1-11-3-5-30(6-4-11)10-15-16(25-29-31(15)19-18(23)27-34-28-19)20(32)26-24-9-12-7-13(21)8-14(22)17(12)33-2/h7-9,11H,3-6,10H2,1-2H3,(H2,23,27)(H,26,32). The van der Waals surface area contributed by atoms with E-state index in [1.54, 1.807) is 12.1 Å². The Bertz CT molecular complexity index is 1200. The molecule has 3 heterocycles. The maximum atomic E-state index is 13.0. The van der Waals surface area contributed by atoms with E-state index in [1.807, 2.05) is 0 Å². The van der Waals surface area contributed by atoms with E-state index in [0.717, 1.165) is 25.9 Å². The molecule has 0 atom stereocenters. The van der Waals surface area contributed by atoms with Gasteiger partial charge in [-0.2, -0.15) is 9.78 Å². The lowest BCUT2D eigenvalue weighted by atomic mass is 9.99. The number of nitrogens with two attached hydrogens (primary N) is 1. The minimum atomic E-state index is -0.565. The second-order valence-electron chi connectivity index (χ2n) is 7.94. The molecule has 3 N–H and O–H groups in total. The van der Waals surface area contributed by atoms with E-state index in [1.165, 1.54) is 18.0 Å². The van der Waals surface area contributed by atoms with Crippen molar-refractivity contribution in [3.05, 3.63) is 39.1 Å². The zero-order chi connectivity index (χ0) is 24.2. The Morgan fingerprint density at radius 2 is 2.12 bits per heavy atom. The number of carbonyl (C=O) groups excluding carboxylic acids is 1. The molecular formula is C20H23Cl2N9O3. The van der Waals surface area contributed by atoms with Gasteiger partial charge in [0, 0.05) is 17.1 Å². The Morgan fingerprint density at radius 1 is 1.35 bits per heavy atom. The SMILES string of the molecule is COc1c(Cl)cc(Cl)cc1C=NNC(=O)c1nnn(-c2nonc2N)c1CN1CCC(C)CC1. The van der Waals surface area contributed by atoms with Gasteiger partial charge in [-0.15, -0.1) is 5.10 Å². The quantitative estimate of drug-likeness (QED) is 0.363. The third-order valence-electron chi connectivity index (χ3n) is 5.54. The predicted octanol–water partition coefficient (Wildman–Crippen LogP) is 2.54. The third kappa shape index (κ3) is 5.13. The summed E-state index contributed by atoms with van der Waals surface area (Å²) in [5.74, 6) is 0.667. The average molecular weight is 508 g/mol. The summed E-state index contributed by atoms with van der Waals surface area (Å²) in [7, 11) is 1.47. The number of rotatable bonds is 7. The number of nitrogens with zero attached hydrogens (tertiary/aromatic N) is 7. The molecule has 2 aromatic heterocycles. The second kappa shape index (κ2) is 10.4. The Balaban J connectivity index is 1.58. The molecule has 1 amide bonds. The van der Waals surface area contributed by atoms with Gasteiger partial charge in [0.05, 0.1) is 24.0 Å². The summed E-state index contributed by atoms with van der Waals surface area (Å²) in [4.78, 5) is 15.2. The topological polar surface area (TPSA) is 150 Å². The van der Waals surface area contributed by atoms with E-state index >= 15 is 0 Å². The van der Waals surface area contributed by atoms with Gasteiger partial charge in [0.2, 0.25) is 11.6 Å². The molecule has 12 nitrogen and oxygen atoms in total. The van der Waals surface area contributed by atoms with Crippen molar-refractivity contribution in [3.8, 4) is 11.6 Å². The summed E-state index contributed by atoms with van der Waals surface area (Å²) in [6.45, 7) is 4.40. The van der Waals surface area contributed by atoms with Crippen LogP contribution in [0.4, 0.5) is 5.82 Å². The minimum Gasteiger partial charge on any atom is -0.495 e. The number of nitrogens with one attached hydrogen (secondary N) is 1. The molecule has 0 bridgehead atoms. The van der Waals surface area contributed by atoms with Crippen LogP contribution in [0.5, 0.6) is 5.75 Å². The van der Waals surface area contributed by atoms with Crippen molar-refractivity contribution < 1.29 is 14.2 Å². The molecule has 1 aromatic carbocycles. The normalized spacial score (nSPS) is 15.2. The Hall–Kier alpha value is -3.22. The molecule has 0 radical (unpaired) electrons. The molecule has 34 heavy (non-hydrogen) atoms. The van der Waals surface area contributed by atoms with Crippen LogP contribution < -0.4 is 15.9 Å². The molecule has 4 rings (SSSR count). The maximum Gasteiger partial charge on any atom is 0.293 e. The van der Waals surface area contributed by atoms with Crippen LogP contribution in [-0.2, 0) is 6.54 Å². The number of hydrazone groups is 1. The molecule has 1 fully saturated rings. The summed E-state index contributed by atoms with van der Waals surface area (Å²) in [6.07, 6.45) is 3.50. The van der Waals surface area contributed by atoms with Gasteiger partial charge in [-0.1, -0.05) is 35.3 Å². The van der Waals surface area contributed by atoms with E-state index in [4.69, 9.17) is 38.3 Å². The first-order chi connectivity index (χ1) is 16.4. The summed E-state index contributed by atoms with van der Waals surface area (Å²) in [5.41, 5.74) is 9.37. The zero-order valence-corrected chi connectivity index (χ0v) is 20.0. The number of ether oxygens (including phenoxy) is 1. The number of methoxy groups -OCH3 is 1. The number of piperidine rings is 1. The van der Waals surface area contributed by atoms with Crippen molar-refractivity contribution >= 4 is 41.1 Å². The number of amides is 1. The van der Waals surface area contributed by atoms with Crippen molar-refractivity contribution in [1.82, 2.24) is 35.6 Å². The van der Waals surface area contributed by atoms with Gasteiger partial charge < -0.3 is 10.5 Å². The molecule has 3 aromatic rings. The summed E-state index contributed by atoms with van der Waals surface area (Å²) >= 11 is 12.2. The summed E-state index contributed by atoms with van der Waals surface area (Å²) in [5, 5.41) is 20.2. The van der Waals surface area contributed by atoms with Crippen LogP contribution in [-0.4, -0.2) is 62.5 Å². The van der Waals surface area contributed by atoms with Crippen molar-refractivity contribution in [2.45, 2.75) is 26.3 Å². The highest BCUT2D eigenvalue weighted by Gasteiger charge is 2.26. The predicted molar refractivity (Wildman–Crippen MR) is 125 cm³/mol. The molecule has 180 valence electrons. The fourth-order valence-corrected chi connectivity index (χ4v) is 4.25. The molecule has 0 unspecified atom stereocenters. The monoisotopic (exact) mass is 507 g/mol. The largest absolute Gasteiger partial charge is 0.495 e. The number of likely N-dealkylation sites (tertiary alicyclic amines) is 1. The van der Waals surface area contributed by atoms with Gasteiger partial charge in [0.25, 0.3) is 5.91 Å². The van der Waals surface area contributed by atoms with Gasteiger partial charge in [0.1, 0.15) is 5.75 Å². The van der Waals surface area contributed by atoms with Crippen molar-refractivity contribution in [3.63, 3.8) is 0 Å². The molecule has 1 saturated heterocycles. The van der Waals surface area contributed by atoms with Crippen molar-refractivity contribution in [1.29, 1.82) is 0 Å². The lowest BCUT2D eigenvalue weighted by Gasteiger charge is -2.30. The van der Waals surface area contributed by atoms with E-state index in [0.29, 0.717) is 39.5 Å². The first-order valence-electron chi connectivity index (χ1n) is 10.5. The molecule has 14 heteroatoms. The van der Waals surface area contributed by atoms with Gasteiger partial charge in [-0.05, 0) is 54.3 Å². The number of aromatic nitrogens is 5. The lowest BCUT2D eigenvalue weighted by Crippen LogP contribution is -2.34. The van der Waals surface area contributed by atoms with Crippen molar-refractivity contribution in [2.24, 2.45) is 11.0 Å². The molecular weight excluding hydrogens is 485 g/mol. The average Bonchev–Trinajstić information content (AvgIpc) is 3.40. The van der Waals surface area contributed by atoms with Gasteiger partial charge in [-0.3, -0.25) is 9.69 Å². The number of hydrogen-bond acceptors (Lipinski definition) is 10. The van der Waals surface area contributed by atoms with Crippen LogP contribution in [0.1, 0.15) is 41.5 Å². The maximum absolute atomic E-state index is 13.0. The second-order valence-corrected chi connectivity index (χ2v) is 8.78. The van der Waals surface area contributed by atoms with Crippen LogP contribution in [0.25, 0.3) is 5.82 Å². The van der Waals surface area contributed by atoms with Gasteiger partial charge in [0.15, 0.2) is 5.69 Å². The Labute approximate surface area is 205 Å². The third-order valence-corrected chi connectivity index (χ3v) is 6.03. The van der Waals surface area contributed by atoms with E-state index in [2.05, 4.69) is 43.0 Å². The van der Waals surface area contributed by atoms with Gasteiger partial charge in [-0.25, -0.2) is 10.1 Å². The van der Waals surface area contributed by atoms with E-state index < -0.39 is 5.91 Å². The number of halogens is 2. The van der Waals surface area contributed by atoms with Crippen LogP contribution >= 0.6 is 23.2 Å². The molecule has 1 aliphatic heterocycles. The highest BCUT2D eigenvalue weighted by Crippen LogP contribution is 2.31. The van der Waals surface area contributed by atoms with Crippen molar-refractivity contribution in [2.75, 3.05) is 25.9 Å². The van der Waals surface area contributed by atoms with Crippen LogP contribution in [0.2, 0.25) is 10.0 Å². The fraction of sp³-hybridized carbons (Fsp3) is 0.400. The number of nitrogen functional groups attached to an aromatic ring is 1. The number of carbonyl (C=O) groups is 1. The lowest BCUT2D eigenvalue weighted by molar-refractivity contribution is 0.0946. The highest BCUT2D eigenvalue weighted by molar-refractivity contribution is 6.36. The number of anilines is 1. The highest BCUT2D eigenvalue weighted by atomic mass is 35.5. The van der Waals surface area contributed by atoms with Crippen LogP contribution in [0.3, 0.4) is 0 Å².